The van der Waals surface area contributed by atoms with Crippen LogP contribution in [0.1, 0.15) is 13.8 Å². The number of sulfonamides is 1. The molecule has 2 N–H and O–H groups in total. The summed E-state index contributed by atoms with van der Waals surface area (Å²) in [5.74, 6) is -0.00152. The highest BCUT2D eigenvalue weighted by atomic mass is 32.2. The maximum absolute atomic E-state index is 12.7. The van der Waals surface area contributed by atoms with Crippen LogP contribution in [0.3, 0.4) is 0 Å². The van der Waals surface area contributed by atoms with Gasteiger partial charge in [-0.3, -0.25) is 14.3 Å². The number of nitrogens with one attached hydrogen (secondary N) is 2. The summed E-state index contributed by atoms with van der Waals surface area (Å²) in [6.07, 6.45) is -0.699. The largest absolute Gasteiger partial charge is 0.481 e. The Hall–Kier alpha value is -3.11. The second kappa shape index (κ2) is 9.80. The summed E-state index contributed by atoms with van der Waals surface area (Å²) in [5.41, 5.74) is 0.798. The molecule has 0 saturated carbocycles. The van der Waals surface area contributed by atoms with E-state index in [1.165, 1.54) is 37.3 Å². The monoisotopic (exact) mass is 447 g/mol. The van der Waals surface area contributed by atoms with Crippen LogP contribution in [0.15, 0.2) is 53.4 Å². The Morgan fingerprint density at radius 3 is 2.35 bits per heavy atom. The lowest BCUT2D eigenvalue weighted by Crippen LogP contribution is -2.46. The molecule has 0 radical (unpaired) electrons. The first-order chi connectivity index (χ1) is 14.7. The predicted octanol–water partition coefficient (Wildman–Crippen LogP) is 2.07. The predicted molar refractivity (Wildman–Crippen MR) is 115 cm³/mol. The van der Waals surface area contributed by atoms with Crippen molar-refractivity contribution in [1.82, 2.24) is 4.90 Å². The van der Waals surface area contributed by atoms with Gasteiger partial charge < -0.3 is 19.7 Å². The lowest BCUT2D eigenvalue weighted by atomic mass is 10.3. The molecule has 2 aromatic rings. The molecule has 1 fully saturated rings. The number of amides is 2. The molecule has 10 heteroatoms. The van der Waals surface area contributed by atoms with Crippen molar-refractivity contribution in [3.05, 3.63) is 48.5 Å². The summed E-state index contributed by atoms with van der Waals surface area (Å²) in [6, 6.07) is 12.2. The molecule has 31 heavy (non-hydrogen) atoms. The van der Waals surface area contributed by atoms with Crippen LogP contribution >= 0.6 is 0 Å². The Morgan fingerprint density at radius 2 is 1.71 bits per heavy atom. The van der Waals surface area contributed by atoms with E-state index >= 15 is 0 Å². The number of rotatable bonds is 7. The van der Waals surface area contributed by atoms with Crippen molar-refractivity contribution in [3.63, 3.8) is 0 Å². The molecular weight excluding hydrogens is 422 g/mol. The third-order valence-electron chi connectivity index (χ3n) is 4.55. The van der Waals surface area contributed by atoms with E-state index in [1.54, 1.807) is 30.0 Å². The van der Waals surface area contributed by atoms with Crippen LogP contribution in [0.2, 0.25) is 0 Å². The molecule has 9 nitrogen and oxygen atoms in total. The van der Waals surface area contributed by atoms with Crippen molar-refractivity contribution in [2.75, 3.05) is 36.3 Å². The number of morpholine rings is 1. The lowest BCUT2D eigenvalue weighted by molar-refractivity contribution is -0.142. The minimum atomic E-state index is -3.84. The Morgan fingerprint density at radius 1 is 1.06 bits per heavy atom. The Bertz CT molecular complexity index is 1030. The lowest BCUT2D eigenvalue weighted by Gasteiger charge is -2.29. The molecule has 2 amide bonds. The molecule has 2 aromatic carbocycles. The molecule has 1 unspecified atom stereocenters. The molecule has 1 atom stereocenters. The van der Waals surface area contributed by atoms with E-state index < -0.39 is 16.1 Å². The van der Waals surface area contributed by atoms with Crippen molar-refractivity contribution in [2.45, 2.75) is 24.8 Å². The second-order valence-electron chi connectivity index (χ2n) is 7.04. The highest BCUT2D eigenvalue weighted by Crippen LogP contribution is 2.22. The van der Waals surface area contributed by atoms with Crippen LogP contribution in [0, 0.1) is 0 Å². The van der Waals surface area contributed by atoms with Crippen molar-refractivity contribution in [3.8, 4) is 5.75 Å². The molecule has 3 rings (SSSR count). The van der Waals surface area contributed by atoms with Crippen LogP contribution in [-0.2, 0) is 24.3 Å². The number of hydrogen-bond donors (Lipinski definition) is 2. The summed E-state index contributed by atoms with van der Waals surface area (Å²) in [4.78, 5) is 25.3. The molecule has 0 aliphatic carbocycles. The van der Waals surface area contributed by atoms with Gasteiger partial charge in [-0.05, 0) is 49.4 Å². The maximum Gasteiger partial charge on any atom is 0.263 e. The first kappa shape index (κ1) is 22.6. The fourth-order valence-electron chi connectivity index (χ4n) is 3.07. The quantitative estimate of drug-likeness (QED) is 0.672. The van der Waals surface area contributed by atoms with E-state index in [1.807, 2.05) is 0 Å². The Balaban J connectivity index is 1.64. The van der Waals surface area contributed by atoms with Crippen molar-refractivity contribution in [2.24, 2.45) is 0 Å². The summed E-state index contributed by atoms with van der Waals surface area (Å²) >= 11 is 0. The summed E-state index contributed by atoms with van der Waals surface area (Å²) in [7, 11) is -3.84. The van der Waals surface area contributed by atoms with Crippen molar-refractivity contribution >= 4 is 33.2 Å². The van der Waals surface area contributed by atoms with Gasteiger partial charge in [-0.25, -0.2) is 8.42 Å². The number of hydrogen-bond acceptors (Lipinski definition) is 6. The van der Waals surface area contributed by atoms with Crippen molar-refractivity contribution in [1.29, 1.82) is 0 Å². The normalized spacial score (nSPS) is 15.1. The van der Waals surface area contributed by atoms with Gasteiger partial charge in [0.1, 0.15) is 5.75 Å². The average Bonchev–Trinajstić information content (AvgIpc) is 2.73. The first-order valence-electron chi connectivity index (χ1n) is 9.78. The second-order valence-corrected chi connectivity index (χ2v) is 8.72. The zero-order chi connectivity index (χ0) is 22.4. The zero-order valence-electron chi connectivity index (χ0n) is 17.3. The number of anilines is 2. The maximum atomic E-state index is 12.7. The zero-order valence-corrected chi connectivity index (χ0v) is 18.1. The van der Waals surface area contributed by atoms with Gasteiger partial charge in [0, 0.05) is 25.7 Å². The van der Waals surface area contributed by atoms with Gasteiger partial charge in [-0.15, -0.1) is 0 Å². The van der Waals surface area contributed by atoms with Crippen LogP contribution < -0.4 is 14.8 Å². The van der Waals surface area contributed by atoms with E-state index in [-0.39, 0.29) is 16.7 Å². The first-order valence-corrected chi connectivity index (χ1v) is 11.3. The van der Waals surface area contributed by atoms with Gasteiger partial charge in [0.05, 0.1) is 23.8 Å². The fourth-order valence-corrected chi connectivity index (χ4v) is 4.12. The standard InChI is InChI=1S/C21H25N3O6S/c1-15(21(26)24-10-12-29-13-11-24)30-19-6-8-20(9-7-19)31(27,28)23-18-5-3-4-17(14-18)22-16(2)25/h3-9,14-15,23H,10-13H2,1-2H3,(H,22,25). The van der Waals surface area contributed by atoms with Gasteiger partial charge in [-0.1, -0.05) is 6.07 Å². The smallest absolute Gasteiger partial charge is 0.263 e. The Labute approximate surface area is 181 Å². The Kier molecular flexibility index (Phi) is 7.13. The third kappa shape index (κ3) is 6.19. The summed E-state index contributed by atoms with van der Waals surface area (Å²) in [5, 5.41) is 2.60. The van der Waals surface area contributed by atoms with Gasteiger partial charge >= 0.3 is 0 Å². The number of carbonyl (C=O) groups is 2. The van der Waals surface area contributed by atoms with E-state index in [9.17, 15) is 18.0 Å². The topological polar surface area (TPSA) is 114 Å². The molecular formula is C21H25N3O6S. The van der Waals surface area contributed by atoms with E-state index in [0.717, 1.165) is 0 Å². The van der Waals surface area contributed by atoms with Crippen molar-refractivity contribution < 1.29 is 27.5 Å². The van der Waals surface area contributed by atoms with Gasteiger partial charge in [0.15, 0.2) is 6.10 Å². The highest BCUT2D eigenvalue weighted by molar-refractivity contribution is 7.92. The van der Waals surface area contributed by atoms with E-state index in [4.69, 9.17) is 9.47 Å². The third-order valence-corrected chi connectivity index (χ3v) is 5.95. The average molecular weight is 448 g/mol. The molecule has 166 valence electrons. The number of benzene rings is 2. The number of carbonyl (C=O) groups excluding carboxylic acids is 2. The van der Waals surface area contributed by atoms with Gasteiger partial charge in [-0.2, -0.15) is 0 Å². The summed E-state index contributed by atoms with van der Waals surface area (Å²) in [6.45, 7) is 5.09. The number of nitrogens with zero attached hydrogens (tertiary/aromatic N) is 1. The molecule has 1 heterocycles. The van der Waals surface area contributed by atoms with Crippen LogP contribution in [-0.4, -0.2) is 57.5 Å². The fraction of sp³-hybridized carbons (Fsp3) is 0.333. The van der Waals surface area contributed by atoms with Gasteiger partial charge in [0.2, 0.25) is 5.91 Å². The van der Waals surface area contributed by atoms with Crippen LogP contribution in [0.5, 0.6) is 5.75 Å². The van der Waals surface area contributed by atoms with E-state index in [0.29, 0.717) is 43.4 Å². The SMILES string of the molecule is CC(=O)Nc1cccc(NS(=O)(=O)c2ccc(OC(C)C(=O)N3CCOCC3)cc2)c1. The minimum Gasteiger partial charge on any atom is -0.481 e. The van der Waals surface area contributed by atoms with E-state index in [2.05, 4.69) is 10.0 Å². The molecule has 0 bridgehead atoms. The van der Waals surface area contributed by atoms with Gasteiger partial charge in [0.25, 0.3) is 15.9 Å². The molecule has 1 saturated heterocycles. The molecule has 0 spiro atoms. The van der Waals surface area contributed by atoms with Crippen LogP contribution in [0.25, 0.3) is 0 Å². The highest BCUT2D eigenvalue weighted by Gasteiger charge is 2.24. The minimum absolute atomic E-state index is 0.0388. The molecule has 1 aliphatic rings. The molecule has 0 aromatic heterocycles. The number of ether oxygens (including phenoxy) is 2. The molecule has 1 aliphatic heterocycles. The van der Waals surface area contributed by atoms with Crippen LogP contribution in [0.4, 0.5) is 11.4 Å². The summed E-state index contributed by atoms with van der Waals surface area (Å²) < 4.78 is 38.7.